The zero-order chi connectivity index (χ0) is 34.1. The number of sulfonamides is 1. The molecule has 0 saturated carbocycles. The molecule has 6 bridgehead atoms. The zero-order valence-corrected chi connectivity index (χ0v) is 27.2. The third kappa shape index (κ3) is 10.2. The van der Waals surface area contributed by atoms with Crippen molar-refractivity contribution in [2.24, 2.45) is 0 Å². The van der Waals surface area contributed by atoms with Crippen LogP contribution in [0, 0.1) is 0 Å². The van der Waals surface area contributed by atoms with Crippen LogP contribution in [-0.4, -0.2) is 92.3 Å². The molecule has 3 heterocycles. The number of carbonyl (C=O) groups excluding carboxylic acids is 3. The molecule has 0 aliphatic carbocycles. The lowest BCUT2D eigenvalue weighted by Gasteiger charge is -2.33. The Kier molecular flexibility index (Phi) is 11.5. The van der Waals surface area contributed by atoms with Crippen molar-refractivity contribution in [2.45, 2.75) is 37.3 Å². The third-order valence-corrected chi connectivity index (χ3v) is 9.58. The molecule has 254 valence electrons. The molecule has 48 heavy (non-hydrogen) atoms. The summed E-state index contributed by atoms with van der Waals surface area (Å²) in [5.74, 6) is -2.89. The smallest absolute Gasteiger partial charge is 0.326 e. The minimum absolute atomic E-state index is 0.0807. The lowest BCUT2D eigenvalue weighted by molar-refractivity contribution is -0.142. The van der Waals surface area contributed by atoms with Crippen molar-refractivity contribution in [2.75, 3.05) is 39.3 Å². The summed E-state index contributed by atoms with van der Waals surface area (Å²) >= 11 is 0. The Morgan fingerprint density at radius 1 is 0.771 bits per heavy atom. The van der Waals surface area contributed by atoms with E-state index < -0.39 is 39.7 Å². The topological polar surface area (TPSA) is 177 Å². The minimum atomic E-state index is -4.08. The van der Waals surface area contributed by atoms with E-state index in [1.54, 1.807) is 72.8 Å². The number of nitrogens with one attached hydrogen (secondary N) is 4. The normalized spacial score (nSPS) is 23.0. The SMILES string of the molecule is O=C1CN2CCN(CC2)CC(=O)NCc2cccc(c2)C(NS(=O)(=O)Cc2ccccc2)C(=O)N[C@H](C(=O)O)Cc2cccc(c2)CN1. The maximum atomic E-state index is 13.8. The maximum Gasteiger partial charge on any atom is 0.326 e. The number of amides is 3. The van der Waals surface area contributed by atoms with E-state index in [1.165, 1.54) is 0 Å². The van der Waals surface area contributed by atoms with E-state index in [4.69, 9.17) is 0 Å². The lowest BCUT2D eigenvalue weighted by atomic mass is 10.0. The molecule has 1 unspecified atom stereocenters. The predicted molar refractivity (Wildman–Crippen MR) is 178 cm³/mol. The first-order valence-corrected chi connectivity index (χ1v) is 17.4. The Morgan fingerprint density at radius 2 is 1.33 bits per heavy atom. The van der Waals surface area contributed by atoms with E-state index in [0.717, 1.165) is 5.56 Å². The highest BCUT2D eigenvalue weighted by atomic mass is 32.2. The number of nitrogens with zero attached hydrogens (tertiary/aromatic N) is 2. The molecule has 13 nitrogen and oxygen atoms in total. The number of piperazine rings is 1. The maximum absolute atomic E-state index is 13.8. The van der Waals surface area contributed by atoms with E-state index in [1.807, 2.05) is 15.9 Å². The van der Waals surface area contributed by atoms with Gasteiger partial charge in [-0.2, -0.15) is 4.72 Å². The Bertz CT molecular complexity index is 1730. The van der Waals surface area contributed by atoms with Gasteiger partial charge in [0, 0.05) is 45.7 Å². The van der Waals surface area contributed by atoms with Gasteiger partial charge in [-0.25, -0.2) is 13.2 Å². The summed E-state index contributed by atoms with van der Waals surface area (Å²) in [6.45, 7) is 3.29. The number of carbonyl (C=O) groups is 4. The summed E-state index contributed by atoms with van der Waals surface area (Å²) in [5.41, 5.74) is 2.79. The van der Waals surface area contributed by atoms with Gasteiger partial charge in [-0.05, 0) is 27.8 Å². The highest BCUT2D eigenvalue weighted by Crippen LogP contribution is 2.19. The molecule has 2 atom stereocenters. The molecule has 0 spiro atoms. The van der Waals surface area contributed by atoms with Crippen molar-refractivity contribution in [3.05, 3.63) is 107 Å². The van der Waals surface area contributed by atoms with Crippen LogP contribution in [-0.2, 0) is 54.5 Å². The second-order valence-corrected chi connectivity index (χ2v) is 13.8. The first kappa shape index (κ1) is 34.7. The Balaban J connectivity index is 1.43. The first-order chi connectivity index (χ1) is 23.0. The van der Waals surface area contributed by atoms with Gasteiger partial charge in [0.15, 0.2) is 0 Å². The Morgan fingerprint density at radius 3 is 1.94 bits per heavy atom. The quantitative estimate of drug-likeness (QED) is 0.258. The minimum Gasteiger partial charge on any atom is -0.480 e. The third-order valence-electron chi connectivity index (χ3n) is 8.27. The molecule has 3 aromatic carbocycles. The van der Waals surface area contributed by atoms with Crippen LogP contribution in [0.4, 0.5) is 0 Å². The van der Waals surface area contributed by atoms with Gasteiger partial charge in [0.1, 0.15) is 12.1 Å². The number of carboxylic acid groups (broad SMARTS) is 1. The van der Waals surface area contributed by atoms with Gasteiger partial charge >= 0.3 is 5.97 Å². The van der Waals surface area contributed by atoms with Crippen molar-refractivity contribution in [3.8, 4) is 0 Å². The van der Waals surface area contributed by atoms with E-state index in [9.17, 15) is 32.7 Å². The number of fused-ring (bicyclic) bond motifs is 12. The fourth-order valence-corrected chi connectivity index (χ4v) is 7.07. The van der Waals surface area contributed by atoms with Gasteiger partial charge in [-0.1, -0.05) is 78.9 Å². The average molecular weight is 677 g/mol. The molecule has 5 N–H and O–H groups in total. The molecule has 3 aliphatic rings. The fraction of sp³-hybridized carbons (Fsp3) is 0.353. The highest BCUT2D eigenvalue weighted by molar-refractivity contribution is 7.88. The van der Waals surface area contributed by atoms with Crippen molar-refractivity contribution >= 4 is 33.7 Å². The van der Waals surface area contributed by atoms with Gasteiger partial charge in [0.05, 0.1) is 18.8 Å². The van der Waals surface area contributed by atoms with E-state index >= 15 is 0 Å². The van der Waals surface area contributed by atoms with Gasteiger partial charge in [-0.3, -0.25) is 24.2 Å². The summed E-state index contributed by atoms with van der Waals surface area (Å²) in [6.07, 6.45) is -0.0807. The molecule has 3 amide bonds. The summed E-state index contributed by atoms with van der Waals surface area (Å²) in [6, 6.07) is 19.3. The van der Waals surface area contributed by atoms with Crippen LogP contribution >= 0.6 is 0 Å². The molecular formula is C34H40N6O7S. The average Bonchev–Trinajstić information content (AvgIpc) is 3.06. The summed E-state index contributed by atoms with van der Waals surface area (Å²) in [7, 11) is -4.08. The second kappa shape index (κ2) is 16.0. The van der Waals surface area contributed by atoms with Crippen molar-refractivity contribution in [1.82, 2.24) is 30.5 Å². The van der Waals surface area contributed by atoms with Gasteiger partial charge < -0.3 is 21.1 Å². The van der Waals surface area contributed by atoms with Gasteiger partial charge in [-0.15, -0.1) is 0 Å². The number of benzene rings is 3. The van der Waals surface area contributed by atoms with Crippen molar-refractivity contribution in [3.63, 3.8) is 0 Å². The van der Waals surface area contributed by atoms with Crippen LogP contribution in [0.1, 0.15) is 33.9 Å². The summed E-state index contributed by atoms with van der Waals surface area (Å²) < 4.78 is 29.2. The largest absolute Gasteiger partial charge is 0.480 e. The molecular weight excluding hydrogens is 636 g/mol. The van der Waals surface area contributed by atoms with Crippen LogP contribution in [0.15, 0.2) is 78.9 Å². The van der Waals surface area contributed by atoms with E-state index in [2.05, 4.69) is 20.7 Å². The molecule has 6 rings (SSSR count). The molecule has 1 saturated heterocycles. The second-order valence-electron chi connectivity index (χ2n) is 12.1. The standard InChI is InChI=1S/C34H40N6O7S/c41-30-21-39-12-14-40(15-13-39)22-31(42)36-20-27-10-5-11-28(17-27)32(38-48(46,47)23-24-6-2-1-3-7-24)33(43)37-29(34(44)45)18-25-8-4-9-26(16-25)19-35-30/h1-11,16-17,29,32,38H,12-15,18-23H2,(H,35,41)(H,36,42)(H,37,43)(H,44,45)/t29-,32?/m0/s1. The van der Waals surface area contributed by atoms with E-state index in [0.29, 0.717) is 42.9 Å². The Hall–Kier alpha value is -4.63. The predicted octanol–water partition coefficient (Wildman–Crippen LogP) is 0.523. The number of hydrogen-bond acceptors (Lipinski definition) is 8. The molecule has 3 aliphatic heterocycles. The lowest BCUT2D eigenvalue weighted by Crippen LogP contribution is -2.51. The summed E-state index contributed by atoms with van der Waals surface area (Å²) in [5, 5.41) is 18.4. The molecule has 1 fully saturated rings. The highest BCUT2D eigenvalue weighted by Gasteiger charge is 2.31. The number of rotatable bonds is 5. The summed E-state index contributed by atoms with van der Waals surface area (Å²) in [4.78, 5) is 55.7. The zero-order valence-electron chi connectivity index (χ0n) is 26.4. The van der Waals surface area contributed by atoms with Crippen LogP contribution < -0.4 is 20.7 Å². The Labute approximate surface area is 279 Å². The molecule has 3 aromatic rings. The number of hydrogen-bond donors (Lipinski definition) is 5. The first-order valence-electron chi connectivity index (χ1n) is 15.7. The molecule has 0 aromatic heterocycles. The van der Waals surface area contributed by atoms with Gasteiger partial charge in [0.2, 0.25) is 27.7 Å². The fourth-order valence-electron chi connectivity index (χ4n) is 5.75. The molecule has 0 radical (unpaired) electrons. The van der Waals surface area contributed by atoms with Crippen LogP contribution in [0.25, 0.3) is 0 Å². The van der Waals surface area contributed by atoms with Crippen LogP contribution in [0.3, 0.4) is 0 Å². The van der Waals surface area contributed by atoms with Crippen molar-refractivity contribution in [1.29, 1.82) is 0 Å². The van der Waals surface area contributed by atoms with Crippen LogP contribution in [0.2, 0.25) is 0 Å². The molecule has 14 heteroatoms. The van der Waals surface area contributed by atoms with E-state index in [-0.39, 0.29) is 50.0 Å². The van der Waals surface area contributed by atoms with Gasteiger partial charge in [0.25, 0.3) is 0 Å². The van der Waals surface area contributed by atoms with Crippen LogP contribution in [0.5, 0.6) is 0 Å². The van der Waals surface area contributed by atoms with Crippen molar-refractivity contribution < 1.29 is 32.7 Å². The monoisotopic (exact) mass is 676 g/mol. The number of aliphatic carboxylic acids is 1. The number of carboxylic acids is 1.